The molecule has 0 amide bonds. The number of thioether (sulfide) groups is 1. The highest BCUT2D eigenvalue weighted by molar-refractivity contribution is 9.09. The van der Waals surface area contributed by atoms with E-state index in [0.29, 0.717) is 11.7 Å². The highest BCUT2D eigenvalue weighted by atomic mass is 79.9. The lowest BCUT2D eigenvalue weighted by Gasteiger charge is -2.06. The van der Waals surface area contributed by atoms with Crippen molar-refractivity contribution in [3.63, 3.8) is 0 Å². The van der Waals surface area contributed by atoms with Crippen LogP contribution in [0.5, 0.6) is 0 Å². The summed E-state index contributed by atoms with van der Waals surface area (Å²) in [5.41, 5.74) is -0.500. The van der Waals surface area contributed by atoms with E-state index in [1.165, 1.54) is 34.7 Å². The van der Waals surface area contributed by atoms with Gasteiger partial charge in [-0.2, -0.15) is 0 Å². The summed E-state index contributed by atoms with van der Waals surface area (Å²) >= 11 is 4.85. The van der Waals surface area contributed by atoms with Gasteiger partial charge in [0.2, 0.25) is 9.84 Å². The van der Waals surface area contributed by atoms with Crippen LogP contribution in [0.25, 0.3) is 0 Å². The molecule has 1 aliphatic heterocycles. The Labute approximate surface area is 134 Å². The Kier molecular flexibility index (Phi) is 3.94. The third-order valence-corrected chi connectivity index (χ3v) is 7.30. The van der Waals surface area contributed by atoms with E-state index in [1.54, 1.807) is 18.2 Å². The Morgan fingerprint density at radius 3 is 2.71 bits per heavy atom. The SMILES string of the molecule is O=c1c(S(=O)(=O)c2ccccc2)cnc2n1C[C@@H](CBr)S2. The molecule has 2 heterocycles. The van der Waals surface area contributed by atoms with Crippen LogP contribution in [0.15, 0.2) is 56.3 Å². The van der Waals surface area contributed by atoms with Crippen LogP contribution in [0.2, 0.25) is 0 Å². The first kappa shape index (κ1) is 14.8. The van der Waals surface area contributed by atoms with E-state index in [1.807, 2.05) is 0 Å². The normalized spacial score (nSPS) is 17.7. The minimum atomic E-state index is -3.83. The number of sulfone groups is 1. The third-order valence-electron chi connectivity index (χ3n) is 3.15. The van der Waals surface area contributed by atoms with E-state index in [0.717, 1.165) is 5.33 Å². The predicted octanol–water partition coefficient (Wildman–Crippen LogP) is 1.95. The molecule has 1 atom stereocenters. The molecule has 0 radical (unpaired) electrons. The maximum atomic E-state index is 12.5. The Bertz CT molecular complexity index is 834. The zero-order valence-electron chi connectivity index (χ0n) is 10.8. The van der Waals surface area contributed by atoms with E-state index in [-0.39, 0.29) is 15.0 Å². The second-order valence-electron chi connectivity index (χ2n) is 4.53. The molecule has 0 unspecified atom stereocenters. The summed E-state index contributed by atoms with van der Waals surface area (Å²) in [4.78, 5) is 16.4. The van der Waals surface area contributed by atoms with Gasteiger partial charge in [0, 0.05) is 17.1 Å². The van der Waals surface area contributed by atoms with Gasteiger partial charge >= 0.3 is 0 Å². The van der Waals surface area contributed by atoms with Crippen LogP contribution < -0.4 is 5.56 Å². The van der Waals surface area contributed by atoms with Crippen LogP contribution in [-0.4, -0.2) is 28.5 Å². The summed E-state index contributed by atoms with van der Waals surface area (Å²) in [6.07, 6.45) is 1.17. The summed E-state index contributed by atoms with van der Waals surface area (Å²) in [6, 6.07) is 7.93. The highest BCUT2D eigenvalue weighted by Gasteiger charge is 2.29. The van der Waals surface area contributed by atoms with Crippen LogP contribution in [-0.2, 0) is 16.4 Å². The Balaban J connectivity index is 2.13. The number of nitrogens with zero attached hydrogens (tertiary/aromatic N) is 2. The van der Waals surface area contributed by atoms with Gasteiger partial charge in [-0.15, -0.1) is 0 Å². The molecule has 1 aliphatic rings. The summed E-state index contributed by atoms with van der Waals surface area (Å²) in [5, 5.41) is 1.48. The molecule has 0 saturated carbocycles. The number of halogens is 1. The highest BCUT2D eigenvalue weighted by Crippen LogP contribution is 2.30. The minimum Gasteiger partial charge on any atom is -0.285 e. The first-order chi connectivity index (χ1) is 10.0. The van der Waals surface area contributed by atoms with E-state index >= 15 is 0 Å². The largest absolute Gasteiger partial charge is 0.285 e. The van der Waals surface area contributed by atoms with Crippen molar-refractivity contribution in [3.05, 3.63) is 46.9 Å². The fourth-order valence-electron chi connectivity index (χ4n) is 2.09. The fourth-order valence-corrected chi connectivity index (χ4v) is 4.98. The van der Waals surface area contributed by atoms with Crippen molar-refractivity contribution in [3.8, 4) is 0 Å². The molecule has 0 bridgehead atoms. The first-order valence-corrected chi connectivity index (χ1v) is 9.65. The van der Waals surface area contributed by atoms with Gasteiger partial charge in [0.05, 0.1) is 11.1 Å². The summed E-state index contributed by atoms with van der Waals surface area (Å²) < 4.78 is 26.5. The first-order valence-electron chi connectivity index (χ1n) is 6.16. The van der Waals surface area contributed by atoms with Crippen LogP contribution in [0.1, 0.15) is 0 Å². The van der Waals surface area contributed by atoms with Crippen molar-refractivity contribution >= 4 is 37.5 Å². The maximum absolute atomic E-state index is 12.5. The number of rotatable bonds is 3. The smallest absolute Gasteiger partial charge is 0.273 e. The maximum Gasteiger partial charge on any atom is 0.273 e. The number of aromatic nitrogens is 2. The van der Waals surface area contributed by atoms with Gasteiger partial charge < -0.3 is 0 Å². The van der Waals surface area contributed by atoms with Crippen molar-refractivity contribution in [2.75, 3.05) is 5.33 Å². The lowest BCUT2D eigenvalue weighted by molar-refractivity contribution is 0.575. The molecule has 5 nitrogen and oxygen atoms in total. The second kappa shape index (κ2) is 5.58. The van der Waals surface area contributed by atoms with Gasteiger partial charge in [0.1, 0.15) is 0 Å². The average molecular weight is 387 g/mol. The molecule has 21 heavy (non-hydrogen) atoms. The van der Waals surface area contributed by atoms with Crippen molar-refractivity contribution in [2.45, 2.75) is 26.7 Å². The Hall–Kier alpha value is -1.12. The van der Waals surface area contributed by atoms with Crippen LogP contribution in [0.3, 0.4) is 0 Å². The summed E-state index contributed by atoms with van der Waals surface area (Å²) in [7, 11) is -3.83. The standard InChI is InChI=1S/C13H11BrN2O3S2/c14-6-9-8-16-12(17)11(7-15-13(16)20-9)21(18,19)10-4-2-1-3-5-10/h1-5,7,9H,6,8H2/t9-/m1/s1. The quantitative estimate of drug-likeness (QED) is 0.595. The number of alkyl halides is 1. The fraction of sp³-hybridized carbons (Fsp3) is 0.231. The molecule has 3 rings (SSSR count). The predicted molar refractivity (Wildman–Crippen MR) is 83.8 cm³/mol. The molecule has 1 aromatic heterocycles. The molecule has 8 heteroatoms. The molecule has 1 aromatic carbocycles. The average Bonchev–Trinajstić information content (AvgIpc) is 2.92. The summed E-state index contributed by atoms with van der Waals surface area (Å²) in [5.74, 6) is 0. The topological polar surface area (TPSA) is 69.0 Å². The lowest BCUT2D eigenvalue weighted by atomic mass is 10.4. The van der Waals surface area contributed by atoms with Gasteiger partial charge in [-0.25, -0.2) is 13.4 Å². The van der Waals surface area contributed by atoms with Gasteiger partial charge in [-0.05, 0) is 12.1 Å². The molecule has 0 fully saturated rings. The molecular weight excluding hydrogens is 376 g/mol. The number of benzene rings is 1. The van der Waals surface area contributed by atoms with E-state index in [9.17, 15) is 13.2 Å². The molecule has 0 N–H and O–H groups in total. The Morgan fingerprint density at radius 1 is 1.33 bits per heavy atom. The van der Waals surface area contributed by atoms with Gasteiger partial charge in [-0.3, -0.25) is 9.36 Å². The summed E-state index contributed by atoms with van der Waals surface area (Å²) in [6.45, 7) is 0.467. The van der Waals surface area contributed by atoms with Crippen LogP contribution in [0, 0.1) is 0 Å². The van der Waals surface area contributed by atoms with E-state index < -0.39 is 15.4 Å². The molecule has 0 aliphatic carbocycles. The van der Waals surface area contributed by atoms with E-state index in [2.05, 4.69) is 20.9 Å². The lowest BCUT2D eigenvalue weighted by Crippen LogP contribution is -2.27. The molecular formula is C13H11BrN2O3S2. The van der Waals surface area contributed by atoms with Gasteiger partial charge in [0.25, 0.3) is 5.56 Å². The second-order valence-corrected chi connectivity index (χ2v) is 8.36. The molecule has 2 aromatic rings. The van der Waals surface area contributed by atoms with Crippen molar-refractivity contribution in [2.24, 2.45) is 0 Å². The Morgan fingerprint density at radius 2 is 2.05 bits per heavy atom. The van der Waals surface area contributed by atoms with Crippen molar-refractivity contribution in [1.82, 2.24) is 9.55 Å². The number of hydrogen-bond acceptors (Lipinski definition) is 5. The van der Waals surface area contributed by atoms with Crippen molar-refractivity contribution in [1.29, 1.82) is 0 Å². The number of hydrogen-bond donors (Lipinski definition) is 0. The molecule has 0 saturated heterocycles. The third kappa shape index (κ3) is 2.56. The number of fused-ring (bicyclic) bond motifs is 1. The zero-order valence-corrected chi connectivity index (χ0v) is 14.0. The van der Waals surface area contributed by atoms with E-state index in [4.69, 9.17) is 0 Å². The van der Waals surface area contributed by atoms with Crippen molar-refractivity contribution < 1.29 is 8.42 Å². The molecule has 110 valence electrons. The van der Waals surface area contributed by atoms with Gasteiger partial charge in [-0.1, -0.05) is 45.9 Å². The zero-order chi connectivity index (χ0) is 15.0. The molecule has 0 spiro atoms. The van der Waals surface area contributed by atoms with Gasteiger partial charge in [0.15, 0.2) is 10.1 Å². The van der Waals surface area contributed by atoms with Crippen LogP contribution in [0.4, 0.5) is 0 Å². The minimum absolute atomic E-state index is 0.104. The van der Waals surface area contributed by atoms with Crippen LogP contribution >= 0.6 is 27.7 Å². The monoisotopic (exact) mass is 386 g/mol.